The van der Waals surface area contributed by atoms with Gasteiger partial charge in [-0.15, -0.1) is 0 Å². The smallest absolute Gasteiger partial charge is 0.243 e. The first kappa shape index (κ1) is 14.0. The van der Waals surface area contributed by atoms with Crippen LogP contribution in [0.4, 0.5) is 0 Å². The Labute approximate surface area is 114 Å². The summed E-state index contributed by atoms with van der Waals surface area (Å²) in [6.45, 7) is 2.89. The summed E-state index contributed by atoms with van der Waals surface area (Å²) in [5.41, 5.74) is 0.374. The molecule has 1 aromatic rings. The summed E-state index contributed by atoms with van der Waals surface area (Å²) in [6, 6.07) is 8.19. The summed E-state index contributed by atoms with van der Waals surface area (Å²) >= 11 is 0. The first-order chi connectivity index (χ1) is 9.04. The molecule has 1 unspecified atom stereocenters. The molecule has 19 heavy (non-hydrogen) atoms. The van der Waals surface area contributed by atoms with E-state index >= 15 is 0 Å². The van der Waals surface area contributed by atoms with Crippen LogP contribution in [0, 0.1) is 11.3 Å². The molecule has 1 saturated heterocycles. The molecule has 1 aliphatic rings. The van der Waals surface area contributed by atoms with E-state index in [9.17, 15) is 8.42 Å². The molecular weight excluding hydrogens is 262 g/mol. The molecule has 1 fully saturated rings. The van der Waals surface area contributed by atoms with Crippen LogP contribution >= 0.6 is 0 Å². The van der Waals surface area contributed by atoms with Crippen molar-refractivity contribution in [2.45, 2.75) is 11.3 Å². The van der Waals surface area contributed by atoms with Crippen molar-refractivity contribution in [1.82, 2.24) is 4.31 Å². The maximum absolute atomic E-state index is 12.5. The Kier molecular flexibility index (Phi) is 4.20. The van der Waals surface area contributed by atoms with Crippen molar-refractivity contribution in [1.29, 1.82) is 5.26 Å². The van der Waals surface area contributed by atoms with E-state index in [1.165, 1.54) is 15.3 Å². The largest absolute Gasteiger partial charge is 0.336 e. The maximum atomic E-state index is 12.5. The van der Waals surface area contributed by atoms with Gasteiger partial charge in [0.1, 0.15) is 0 Å². The van der Waals surface area contributed by atoms with Gasteiger partial charge in [0.2, 0.25) is 10.0 Å². The minimum Gasteiger partial charge on any atom is -0.336 e. The zero-order chi connectivity index (χ0) is 13.9. The van der Waals surface area contributed by atoms with Gasteiger partial charge in [0.05, 0.1) is 43.2 Å². The standard InChI is InChI=1S/C13H17N3O2S/c1-15-6-3-7-16(9-8-15)19(17,18)13-5-2-4-12(10-13)11-14/h2,4-5,10H,3,6-9H2,1H3/p+1. The Balaban J connectivity index is 2.28. The molecule has 1 atom stereocenters. The summed E-state index contributed by atoms with van der Waals surface area (Å²) in [7, 11) is -1.40. The molecular formula is C13H18N3O2S+. The number of hydrogen-bond acceptors (Lipinski definition) is 3. The predicted molar refractivity (Wildman–Crippen MR) is 71.2 cm³/mol. The number of nitriles is 1. The summed E-state index contributed by atoms with van der Waals surface area (Å²) in [6.07, 6.45) is 0.864. The number of hydrogen-bond donors (Lipinski definition) is 1. The highest BCUT2D eigenvalue weighted by atomic mass is 32.2. The average molecular weight is 280 g/mol. The Hall–Kier alpha value is -1.42. The quantitative estimate of drug-likeness (QED) is 0.792. The third-order valence-electron chi connectivity index (χ3n) is 3.40. The van der Waals surface area contributed by atoms with Gasteiger partial charge in [0.25, 0.3) is 0 Å². The normalized spacial score (nSPS) is 21.6. The van der Waals surface area contributed by atoms with Crippen molar-refractivity contribution in [3.8, 4) is 6.07 Å². The van der Waals surface area contributed by atoms with E-state index in [1.54, 1.807) is 18.2 Å². The minimum absolute atomic E-state index is 0.214. The zero-order valence-electron chi connectivity index (χ0n) is 11.0. The molecule has 0 aromatic heterocycles. The molecule has 0 aliphatic carbocycles. The van der Waals surface area contributed by atoms with Crippen molar-refractivity contribution < 1.29 is 13.3 Å². The maximum Gasteiger partial charge on any atom is 0.243 e. The van der Waals surface area contributed by atoms with E-state index in [0.29, 0.717) is 18.7 Å². The van der Waals surface area contributed by atoms with Crippen molar-refractivity contribution in [2.75, 3.05) is 33.2 Å². The lowest BCUT2D eigenvalue weighted by Crippen LogP contribution is -3.09. The number of sulfonamides is 1. The second-order valence-electron chi connectivity index (χ2n) is 4.85. The fraction of sp³-hybridized carbons (Fsp3) is 0.462. The van der Waals surface area contributed by atoms with E-state index < -0.39 is 10.0 Å². The molecule has 1 heterocycles. The van der Waals surface area contributed by atoms with Crippen molar-refractivity contribution in [2.24, 2.45) is 0 Å². The number of likely N-dealkylation sites (N-methyl/N-ethyl adjacent to an activating group) is 1. The van der Waals surface area contributed by atoms with E-state index in [4.69, 9.17) is 5.26 Å². The van der Waals surface area contributed by atoms with Crippen LogP contribution in [-0.4, -0.2) is 45.9 Å². The Morgan fingerprint density at radius 2 is 2.11 bits per heavy atom. The van der Waals surface area contributed by atoms with Gasteiger partial charge in [-0.25, -0.2) is 8.42 Å². The number of nitrogens with zero attached hydrogens (tertiary/aromatic N) is 2. The lowest BCUT2D eigenvalue weighted by molar-refractivity contribution is -0.877. The van der Waals surface area contributed by atoms with Crippen LogP contribution in [0.1, 0.15) is 12.0 Å². The third-order valence-corrected chi connectivity index (χ3v) is 5.29. The predicted octanol–water partition coefficient (Wildman–Crippen LogP) is -0.533. The Morgan fingerprint density at radius 1 is 1.32 bits per heavy atom. The van der Waals surface area contributed by atoms with Crippen molar-refractivity contribution >= 4 is 10.0 Å². The Morgan fingerprint density at radius 3 is 2.84 bits per heavy atom. The molecule has 0 amide bonds. The number of benzene rings is 1. The highest BCUT2D eigenvalue weighted by Crippen LogP contribution is 2.17. The van der Waals surface area contributed by atoms with E-state index in [2.05, 4.69) is 7.05 Å². The first-order valence-electron chi connectivity index (χ1n) is 6.35. The summed E-state index contributed by atoms with van der Waals surface area (Å²) in [5, 5.41) is 8.86. The molecule has 102 valence electrons. The average Bonchev–Trinajstić information content (AvgIpc) is 2.64. The van der Waals surface area contributed by atoms with Gasteiger partial charge in [0.15, 0.2) is 0 Å². The van der Waals surface area contributed by atoms with Gasteiger partial charge in [-0.3, -0.25) is 0 Å². The van der Waals surface area contributed by atoms with Crippen LogP contribution in [0.3, 0.4) is 0 Å². The molecule has 1 aliphatic heterocycles. The Bertz CT molecular complexity index is 592. The molecule has 6 heteroatoms. The highest BCUT2D eigenvalue weighted by Gasteiger charge is 2.27. The van der Waals surface area contributed by atoms with Gasteiger partial charge in [-0.05, 0) is 18.2 Å². The van der Waals surface area contributed by atoms with Gasteiger partial charge < -0.3 is 4.90 Å². The van der Waals surface area contributed by atoms with Gasteiger partial charge >= 0.3 is 0 Å². The minimum atomic E-state index is -3.47. The SMILES string of the molecule is C[NH+]1CCCN(S(=O)(=O)c2cccc(C#N)c2)CC1. The van der Waals surface area contributed by atoms with Crippen LogP contribution in [0.25, 0.3) is 0 Å². The molecule has 1 N–H and O–H groups in total. The number of nitrogens with one attached hydrogen (secondary N) is 1. The fourth-order valence-corrected chi connectivity index (χ4v) is 3.75. The van der Waals surface area contributed by atoms with E-state index in [0.717, 1.165) is 19.5 Å². The monoisotopic (exact) mass is 280 g/mol. The number of rotatable bonds is 2. The fourth-order valence-electron chi connectivity index (χ4n) is 2.23. The van der Waals surface area contributed by atoms with E-state index in [1.807, 2.05) is 6.07 Å². The third kappa shape index (κ3) is 3.13. The summed E-state index contributed by atoms with van der Waals surface area (Å²) in [5.74, 6) is 0. The second kappa shape index (κ2) is 5.70. The van der Waals surface area contributed by atoms with Crippen LogP contribution < -0.4 is 4.90 Å². The first-order valence-corrected chi connectivity index (χ1v) is 7.79. The van der Waals surface area contributed by atoms with Gasteiger partial charge in [-0.2, -0.15) is 9.57 Å². The molecule has 0 radical (unpaired) electrons. The molecule has 5 nitrogen and oxygen atoms in total. The molecule has 1 aromatic carbocycles. The van der Waals surface area contributed by atoms with E-state index in [-0.39, 0.29) is 4.90 Å². The topological polar surface area (TPSA) is 65.6 Å². The van der Waals surface area contributed by atoms with Crippen LogP contribution in [0.5, 0.6) is 0 Å². The van der Waals surface area contributed by atoms with Crippen molar-refractivity contribution in [3.63, 3.8) is 0 Å². The van der Waals surface area contributed by atoms with Gasteiger partial charge in [0, 0.05) is 13.0 Å². The molecule has 0 saturated carbocycles. The molecule has 0 spiro atoms. The lowest BCUT2D eigenvalue weighted by Gasteiger charge is -2.19. The zero-order valence-corrected chi connectivity index (χ0v) is 11.8. The lowest BCUT2D eigenvalue weighted by atomic mass is 10.2. The van der Waals surface area contributed by atoms with Crippen LogP contribution in [-0.2, 0) is 10.0 Å². The van der Waals surface area contributed by atoms with Gasteiger partial charge in [-0.1, -0.05) is 6.07 Å². The summed E-state index contributed by atoms with van der Waals surface area (Å²) in [4.78, 5) is 1.56. The second-order valence-corrected chi connectivity index (χ2v) is 6.79. The summed E-state index contributed by atoms with van der Waals surface area (Å²) < 4.78 is 26.6. The molecule has 0 bridgehead atoms. The number of quaternary nitrogens is 1. The van der Waals surface area contributed by atoms with Crippen molar-refractivity contribution in [3.05, 3.63) is 29.8 Å². The van der Waals surface area contributed by atoms with Crippen LogP contribution in [0.2, 0.25) is 0 Å². The molecule has 2 rings (SSSR count). The highest BCUT2D eigenvalue weighted by molar-refractivity contribution is 7.89. The van der Waals surface area contributed by atoms with Crippen LogP contribution in [0.15, 0.2) is 29.2 Å².